The van der Waals surface area contributed by atoms with E-state index >= 15 is 0 Å². The van der Waals surface area contributed by atoms with Crippen LogP contribution in [0.25, 0.3) is 0 Å². The molecule has 8 heteroatoms. The Bertz CT molecular complexity index is 965. The number of rotatable bonds is 4. The van der Waals surface area contributed by atoms with Crippen LogP contribution in [0.15, 0.2) is 42.5 Å². The first-order valence-corrected chi connectivity index (χ1v) is 10.2. The molecular weight excluding hydrogens is 379 g/mol. The molecule has 0 unspecified atom stereocenters. The van der Waals surface area contributed by atoms with Crippen LogP contribution in [0.5, 0.6) is 0 Å². The highest BCUT2D eigenvalue weighted by Crippen LogP contribution is 2.32. The average Bonchev–Trinajstić information content (AvgIpc) is 2.90. The molecular formula is C18H18ClFN2O3S. The fourth-order valence-electron chi connectivity index (χ4n) is 3.18. The zero-order valence-corrected chi connectivity index (χ0v) is 15.9. The number of fused-ring (bicyclic) bond motifs is 1. The lowest BCUT2D eigenvalue weighted by Gasteiger charge is -2.28. The monoisotopic (exact) mass is 396 g/mol. The van der Waals surface area contributed by atoms with Gasteiger partial charge in [-0.1, -0.05) is 29.8 Å². The van der Waals surface area contributed by atoms with Crippen molar-refractivity contribution in [3.63, 3.8) is 0 Å². The number of nitrogens with zero attached hydrogens (tertiary/aromatic N) is 2. The third-order valence-corrected chi connectivity index (χ3v) is 5.78. The third kappa shape index (κ3) is 3.54. The third-order valence-electron chi connectivity index (χ3n) is 4.35. The molecule has 138 valence electrons. The molecule has 2 aromatic rings. The maximum Gasteiger partial charge on any atom is 0.248 e. The van der Waals surface area contributed by atoms with E-state index in [9.17, 15) is 17.6 Å². The van der Waals surface area contributed by atoms with E-state index in [0.29, 0.717) is 6.42 Å². The minimum absolute atomic E-state index is 0.0712. The Balaban J connectivity index is 1.93. The maximum absolute atomic E-state index is 13.4. The molecule has 0 saturated heterocycles. The van der Waals surface area contributed by atoms with E-state index in [2.05, 4.69) is 0 Å². The molecule has 3 rings (SSSR count). The van der Waals surface area contributed by atoms with Crippen molar-refractivity contribution in [3.8, 4) is 0 Å². The van der Waals surface area contributed by atoms with Crippen LogP contribution < -0.4 is 9.21 Å². The summed E-state index contributed by atoms with van der Waals surface area (Å²) in [4.78, 5) is 14.5. The van der Waals surface area contributed by atoms with Gasteiger partial charge in [0.2, 0.25) is 15.9 Å². The Morgan fingerprint density at radius 3 is 2.65 bits per heavy atom. The summed E-state index contributed by atoms with van der Waals surface area (Å²) in [5.74, 6) is -1.01. The van der Waals surface area contributed by atoms with Gasteiger partial charge in [-0.25, -0.2) is 12.8 Å². The standard InChI is InChI=1S/C18H18ClFN2O3S/c1-12-9-13-5-3-4-6-17(13)22(12)18(23)11-21(26(2,24)25)14-7-8-16(20)15(19)10-14/h3-8,10,12H,9,11H2,1-2H3/t12-/m1/s1. The number of sulfonamides is 1. The van der Waals surface area contributed by atoms with Gasteiger partial charge in [-0.2, -0.15) is 0 Å². The number of amides is 1. The molecule has 1 atom stereocenters. The number of hydrogen-bond acceptors (Lipinski definition) is 3. The van der Waals surface area contributed by atoms with Crippen molar-refractivity contribution in [3.05, 3.63) is 58.9 Å². The van der Waals surface area contributed by atoms with Crippen molar-refractivity contribution in [1.82, 2.24) is 0 Å². The molecule has 0 N–H and O–H groups in total. The number of anilines is 2. The number of benzene rings is 2. The summed E-state index contributed by atoms with van der Waals surface area (Å²) in [6, 6.07) is 11.0. The lowest BCUT2D eigenvalue weighted by Crippen LogP contribution is -2.45. The Morgan fingerprint density at radius 1 is 1.31 bits per heavy atom. The van der Waals surface area contributed by atoms with E-state index < -0.39 is 15.8 Å². The minimum Gasteiger partial charge on any atom is -0.307 e. The predicted octanol–water partition coefficient (Wildman–Crippen LogP) is 3.22. The zero-order valence-electron chi connectivity index (χ0n) is 14.3. The van der Waals surface area contributed by atoms with Crippen molar-refractivity contribution in [2.75, 3.05) is 22.0 Å². The van der Waals surface area contributed by atoms with Crippen LogP contribution in [0.4, 0.5) is 15.8 Å². The van der Waals surface area contributed by atoms with Gasteiger partial charge >= 0.3 is 0 Å². The molecule has 0 fully saturated rings. The topological polar surface area (TPSA) is 57.7 Å². The Morgan fingerprint density at radius 2 is 2.00 bits per heavy atom. The second-order valence-electron chi connectivity index (χ2n) is 6.31. The van der Waals surface area contributed by atoms with Gasteiger partial charge < -0.3 is 4.90 Å². The minimum atomic E-state index is -3.76. The summed E-state index contributed by atoms with van der Waals surface area (Å²) < 4.78 is 38.8. The van der Waals surface area contributed by atoms with Crippen LogP contribution in [0.3, 0.4) is 0 Å². The second kappa shape index (κ2) is 6.89. The summed E-state index contributed by atoms with van der Waals surface area (Å²) in [5.41, 5.74) is 1.98. The summed E-state index contributed by atoms with van der Waals surface area (Å²) in [6.45, 7) is 1.52. The normalized spacial score (nSPS) is 16.5. The molecule has 1 aliphatic rings. The Kier molecular flexibility index (Phi) is 4.94. The smallest absolute Gasteiger partial charge is 0.248 e. The molecule has 0 saturated carbocycles. The van der Waals surface area contributed by atoms with Gasteiger partial charge in [0.15, 0.2) is 0 Å². The van der Waals surface area contributed by atoms with Crippen molar-refractivity contribution in [2.45, 2.75) is 19.4 Å². The molecule has 0 radical (unpaired) electrons. The first-order valence-electron chi connectivity index (χ1n) is 8.01. The lowest BCUT2D eigenvalue weighted by atomic mass is 10.1. The van der Waals surface area contributed by atoms with E-state index in [4.69, 9.17) is 11.6 Å². The van der Waals surface area contributed by atoms with E-state index in [1.54, 1.807) is 4.90 Å². The fraction of sp³-hybridized carbons (Fsp3) is 0.278. The number of carbonyl (C=O) groups is 1. The largest absolute Gasteiger partial charge is 0.307 e. The van der Waals surface area contributed by atoms with E-state index in [-0.39, 0.29) is 29.2 Å². The average molecular weight is 397 g/mol. The van der Waals surface area contributed by atoms with Crippen LogP contribution in [0.1, 0.15) is 12.5 Å². The zero-order chi connectivity index (χ0) is 19.1. The Hall–Kier alpha value is -2.12. The van der Waals surface area contributed by atoms with Crippen LogP contribution in [0.2, 0.25) is 5.02 Å². The molecule has 26 heavy (non-hydrogen) atoms. The Labute approximate surface area is 157 Å². The summed E-state index contributed by atoms with van der Waals surface area (Å²) >= 11 is 5.77. The van der Waals surface area contributed by atoms with E-state index in [0.717, 1.165) is 27.9 Å². The first-order chi connectivity index (χ1) is 12.2. The molecule has 0 bridgehead atoms. The van der Waals surface area contributed by atoms with Crippen molar-refractivity contribution >= 4 is 38.9 Å². The molecule has 0 aromatic heterocycles. The summed E-state index contributed by atoms with van der Waals surface area (Å²) in [6.07, 6.45) is 1.71. The molecule has 1 heterocycles. The summed E-state index contributed by atoms with van der Waals surface area (Å²) in [7, 11) is -3.76. The number of para-hydroxylation sites is 1. The van der Waals surface area contributed by atoms with E-state index in [1.807, 2.05) is 31.2 Å². The SMILES string of the molecule is C[C@@H]1Cc2ccccc2N1C(=O)CN(c1ccc(F)c(Cl)c1)S(C)(=O)=O. The van der Waals surface area contributed by atoms with Crippen LogP contribution in [-0.2, 0) is 21.2 Å². The number of halogens is 2. The van der Waals surface area contributed by atoms with Gasteiger partial charge in [-0.3, -0.25) is 9.10 Å². The predicted molar refractivity (Wildman–Crippen MR) is 101 cm³/mol. The second-order valence-corrected chi connectivity index (χ2v) is 8.63. The van der Waals surface area contributed by atoms with Gasteiger partial charge in [-0.05, 0) is 43.2 Å². The highest BCUT2D eigenvalue weighted by atomic mass is 35.5. The highest BCUT2D eigenvalue weighted by molar-refractivity contribution is 7.92. The lowest BCUT2D eigenvalue weighted by molar-refractivity contribution is -0.117. The van der Waals surface area contributed by atoms with Crippen molar-refractivity contribution in [1.29, 1.82) is 0 Å². The van der Waals surface area contributed by atoms with Crippen LogP contribution in [0, 0.1) is 5.82 Å². The number of hydrogen-bond donors (Lipinski definition) is 0. The van der Waals surface area contributed by atoms with Gasteiger partial charge in [0.05, 0.1) is 17.0 Å². The van der Waals surface area contributed by atoms with Crippen LogP contribution >= 0.6 is 11.6 Å². The first kappa shape index (κ1) is 18.7. The van der Waals surface area contributed by atoms with Gasteiger partial charge in [-0.15, -0.1) is 0 Å². The summed E-state index contributed by atoms with van der Waals surface area (Å²) in [5, 5.41) is -0.205. The fourth-order valence-corrected chi connectivity index (χ4v) is 4.20. The molecule has 0 aliphatic carbocycles. The molecule has 1 aliphatic heterocycles. The van der Waals surface area contributed by atoms with Gasteiger partial charge in [0, 0.05) is 11.7 Å². The van der Waals surface area contributed by atoms with Gasteiger partial charge in [0.25, 0.3) is 0 Å². The van der Waals surface area contributed by atoms with E-state index in [1.165, 1.54) is 12.1 Å². The maximum atomic E-state index is 13.4. The van der Waals surface area contributed by atoms with Crippen molar-refractivity contribution in [2.24, 2.45) is 0 Å². The highest BCUT2D eigenvalue weighted by Gasteiger charge is 2.33. The van der Waals surface area contributed by atoms with Gasteiger partial charge in [0.1, 0.15) is 12.4 Å². The molecule has 5 nitrogen and oxygen atoms in total. The molecule has 2 aromatic carbocycles. The molecule has 0 spiro atoms. The molecule has 1 amide bonds. The number of carbonyl (C=O) groups excluding carboxylic acids is 1. The van der Waals surface area contributed by atoms with Crippen molar-refractivity contribution < 1.29 is 17.6 Å². The van der Waals surface area contributed by atoms with Crippen LogP contribution in [-0.4, -0.2) is 33.2 Å². The quantitative estimate of drug-likeness (QED) is 0.797.